The molecule has 0 unspecified atom stereocenters. The monoisotopic (exact) mass is 511 g/mol. The third kappa shape index (κ3) is 7.95. The average Bonchev–Trinajstić information content (AvgIpc) is 2.99. The fourth-order valence-electron chi connectivity index (χ4n) is 4.10. The molecule has 1 aliphatic rings. The van der Waals surface area contributed by atoms with Crippen molar-refractivity contribution in [2.24, 2.45) is 5.41 Å². The maximum absolute atomic E-state index is 6.15. The first-order chi connectivity index (χ1) is 15.3. The van der Waals surface area contributed by atoms with Crippen LogP contribution in [0.1, 0.15) is 71.7 Å². The number of hydrogen-bond acceptors (Lipinski definition) is 5. The fraction of sp³-hybridized carbons (Fsp3) is 0.640. The number of rotatable bonds is 6. The minimum absolute atomic E-state index is 0.0334. The molecule has 0 saturated carbocycles. The lowest BCUT2D eigenvalue weighted by molar-refractivity contribution is 0.192. The Kier molecular flexibility index (Phi) is 8.53. The molecule has 182 valence electrons. The minimum Gasteiger partial charge on any atom is -0.354 e. The zero-order valence-electron chi connectivity index (χ0n) is 20.4. The summed E-state index contributed by atoms with van der Waals surface area (Å²) in [5.41, 5.74) is 2.18. The number of halogens is 3. The third-order valence-electron chi connectivity index (χ3n) is 5.97. The predicted molar refractivity (Wildman–Crippen MR) is 140 cm³/mol. The molecule has 1 aromatic heterocycles. The lowest BCUT2D eigenvalue weighted by atomic mass is 9.87. The highest BCUT2D eigenvalue weighted by Gasteiger charge is 2.29. The summed E-state index contributed by atoms with van der Waals surface area (Å²) >= 11 is 18.5. The molecular weight excluding hydrogens is 477 g/mol. The summed E-state index contributed by atoms with van der Waals surface area (Å²) < 4.78 is -1.74. The van der Waals surface area contributed by atoms with E-state index in [0.29, 0.717) is 18.3 Å². The van der Waals surface area contributed by atoms with Gasteiger partial charge in [-0.2, -0.15) is 9.97 Å². The molecule has 0 spiro atoms. The van der Waals surface area contributed by atoms with Crippen molar-refractivity contribution in [3.63, 3.8) is 0 Å². The van der Waals surface area contributed by atoms with Gasteiger partial charge in [0, 0.05) is 18.7 Å². The molecule has 1 aliphatic heterocycles. The molecule has 0 bridgehead atoms. The summed E-state index contributed by atoms with van der Waals surface area (Å²) in [7, 11) is 0. The predicted octanol–water partition coefficient (Wildman–Crippen LogP) is 6.98. The molecule has 0 radical (unpaired) electrons. The van der Waals surface area contributed by atoms with E-state index in [-0.39, 0.29) is 16.7 Å². The molecular formula is C25H36Cl3N5. The van der Waals surface area contributed by atoms with Gasteiger partial charge in [0.15, 0.2) is 11.6 Å². The van der Waals surface area contributed by atoms with Gasteiger partial charge in [0.2, 0.25) is 9.74 Å². The Morgan fingerprint density at radius 1 is 0.848 bits per heavy atom. The maximum atomic E-state index is 6.15. The van der Waals surface area contributed by atoms with E-state index in [2.05, 4.69) is 71.9 Å². The first-order valence-electron chi connectivity index (χ1n) is 11.7. The van der Waals surface area contributed by atoms with Gasteiger partial charge in [0.1, 0.15) is 0 Å². The van der Waals surface area contributed by atoms with Gasteiger partial charge in [0.05, 0.1) is 0 Å². The second-order valence-electron chi connectivity index (χ2n) is 10.8. The van der Waals surface area contributed by atoms with Crippen molar-refractivity contribution in [2.45, 2.75) is 69.5 Å². The van der Waals surface area contributed by atoms with E-state index in [1.165, 1.54) is 44.3 Å². The van der Waals surface area contributed by atoms with Crippen LogP contribution in [-0.4, -0.2) is 46.0 Å². The summed E-state index contributed by atoms with van der Waals surface area (Å²) in [6.45, 7) is 15.1. The first-order valence-corrected chi connectivity index (χ1v) is 12.9. The quantitative estimate of drug-likeness (QED) is 0.423. The van der Waals surface area contributed by atoms with E-state index >= 15 is 0 Å². The minimum atomic E-state index is -1.74. The van der Waals surface area contributed by atoms with Crippen molar-refractivity contribution in [2.75, 3.05) is 31.5 Å². The van der Waals surface area contributed by atoms with Gasteiger partial charge in [-0.3, -0.25) is 0 Å². The highest BCUT2D eigenvalue weighted by molar-refractivity contribution is 6.66. The molecule has 0 aliphatic carbocycles. The van der Waals surface area contributed by atoms with Gasteiger partial charge in [-0.15, -0.1) is 0 Å². The number of alkyl halides is 3. The Bertz CT molecular complexity index is 909. The molecule has 0 amide bonds. The second kappa shape index (κ2) is 10.6. The highest BCUT2D eigenvalue weighted by atomic mass is 35.6. The number of aromatic nitrogens is 3. The maximum Gasteiger partial charge on any atom is 0.250 e. The van der Waals surface area contributed by atoms with Crippen LogP contribution in [-0.2, 0) is 9.21 Å². The van der Waals surface area contributed by atoms with E-state index < -0.39 is 3.79 Å². The molecule has 1 fully saturated rings. The Morgan fingerprint density at radius 3 is 2.00 bits per heavy atom. The van der Waals surface area contributed by atoms with Crippen molar-refractivity contribution >= 4 is 40.8 Å². The number of nitrogens with one attached hydrogen (secondary N) is 1. The highest BCUT2D eigenvalue weighted by Crippen LogP contribution is 2.37. The van der Waals surface area contributed by atoms with Crippen molar-refractivity contribution in [3.8, 4) is 11.4 Å². The molecule has 1 N–H and O–H groups in total. The van der Waals surface area contributed by atoms with E-state index in [0.717, 1.165) is 12.1 Å². The Hall–Kier alpha value is -1.14. The van der Waals surface area contributed by atoms with Gasteiger partial charge in [-0.25, -0.2) is 4.98 Å². The zero-order valence-corrected chi connectivity index (χ0v) is 22.7. The van der Waals surface area contributed by atoms with Crippen molar-refractivity contribution in [1.29, 1.82) is 0 Å². The topological polar surface area (TPSA) is 53.9 Å². The molecule has 2 aromatic rings. The van der Waals surface area contributed by atoms with Crippen molar-refractivity contribution in [3.05, 3.63) is 35.7 Å². The number of hydrogen-bond donors (Lipinski definition) is 1. The summed E-state index contributed by atoms with van der Waals surface area (Å²) in [5, 5.41) is 3.38. The molecule has 1 aromatic carbocycles. The van der Waals surface area contributed by atoms with Crippen LogP contribution >= 0.6 is 34.8 Å². The van der Waals surface area contributed by atoms with Crippen LogP contribution in [0, 0.1) is 5.41 Å². The molecule has 0 atom stereocenters. The molecule has 2 heterocycles. The lowest BCUT2D eigenvalue weighted by Crippen LogP contribution is -2.39. The normalized spacial score (nSPS) is 16.5. The van der Waals surface area contributed by atoms with Crippen LogP contribution in [0.4, 0.5) is 5.95 Å². The Morgan fingerprint density at radius 2 is 1.45 bits per heavy atom. The fourth-order valence-corrected chi connectivity index (χ4v) is 4.36. The van der Waals surface area contributed by atoms with Crippen LogP contribution in [0.25, 0.3) is 11.4 Å². The summed E-state index contributed by atoms with van der Waals surface area (Å²) in [5.74, 6) is 1.02. The largest absolute Gasteiger partial charge is 0.354 e. The van der Waals surface area contributed by atoms with Crippen molar-refractivity contribution < 1.29 is 0 Å². The second-order valence-corrected chi connectivity index (χ2v) is 13.1. The van der Waals surface area contributed by atoms with Crippen molar-refractivity contribution in [1.82, 2.24) is 19.9 Å². The van der Waals surface area contributed by atoms with Gasteiger partial charge in [0.25, 0.3) is 0 Å². The van der Waals surface area contributed by atoms with Crippen LogP contribution in [0.2, 0.25) is 0 Å². The summed E-state index contributed by atoms with van der Waals surface area (Å²) in [6.07, 6.45) is 5.22. The van der Waals surface area contributed by atoms with Gasteiger partial charge < -0.3 is 10.2 Å². The number of nitrogens with zero attached hydrogens (tertiary/aromatic N) is 4. The molecule has 8 heteroatoms. The van der Waals surface area contributed by atoms with E-state index in [1.54, 1.807) is 0 Å². The smallest absolute Gasteiger partial charge is 0.250 e. The summed E-state index contributed by atoms with van der Waals surface area (Å²) in [6, 6.07) is 8.19. The Labute approximate surface area is 213 Å². The number of likely N-dealkylation sites (tertiary alicyclic amines) is 1. The van der Waals surface area contributed by atoms with Crippen LogP contribution in [0.5, 0.6) is 0 Å². The third-order valence-corrected chi connectivity index (χ3v) is 6.48. The molecule has 33 heavy (non-hydrogen) atoms. The Balaban J connectivity index is 1.80. The summed E-state index contributed by atoms with van der Waals surface area (Å²) in [4.78, 5) is 16.1. The lowest BCUT2D eigenvalue weighted by Gasteiger charge is -2.32. The van der Waals surface area contributed by atoms with Gasteiger partial charge in [-0.05, 0) is 42.3 Å². The van der Waals surface area contributed by atoms with E-state index in [9.17, 15) is 0 Å². The van der Waals surface area contributed by atoms with Crippen LogP contribution in [0.3, 0.4) is 0 Å². The molecule has 1 saturated heterocycles. The number of benzene rings is 1. The average molecular weight is 513 g/mol. The van der Waals surface area contributed by atoms with Gasteiger partial charge in [-0.1, -0.05) is 107 Å². The molecule has 3 rings (SSSR count). The van der Waals surface area contributed by atoms with Crippen LogP contribution < -0.4 is 5.32 Å². The van der Waals surface area contributed by atoms with E-state index in [1.807, 2.05) is 12.1 Å². The molecule has 5 nitrogen and oxygen atoms in total. The van der Waals surface area contributed by atoms with E-state index in [4.69, 9.17) is 34.8 Å². The van der Waals surface area contributed by atoms with Crippen LogP contribution in [0.15, 0.2) is 24.3 Å². The SMILES string of the molecule is CC(C)(CNc1nc(-c2ccc(C(C)(C)C)cc2)nc(C(Cl)(Cl)Cl)n1)CN1CCCCCC1. The zero-order chi connectivity index (χ0) is 24.3. The van der Waals surface area contributed by atoms with Gasteiger partial charge >= 0.3 is 0 Å². The standard InChI is InChI=1S/C25H36Cl3N5/c1-23(2,3)19-12-10-18(11-13-19)20-30-21(25(26,27)28)32-22(31-20)29-16-24(4,5)17-33-14-8-6-7-9-15-33/h10-13H,6-9,14-17H2,1-5H3,(H,29,30,31,32). The first kappa shape index (κ1) is 26.5. The number of anilines is 1.